The number of fused-ring (bicyclic) bond motifs is 1. The van der Waals surface area contributed by atoms with Crippen molar-refractivity contribution in [1.29, 1.82) is 0 Å². The van der Waals surface area contributed by atoms with E-state index in [4.69, 9.17) is 23.3 Å². The second-order valence-corrected chi connectivity index (χ2v) is 9.85. The molecule has 1 fully saturated rings. The molecule has 2 aliphatic rings. The molecule has 1 aromatic rings. The molecule has 1 saturated heterocycles. The lowest BCUT2D eigenvalue weighted by Gasteiger charge is -2.41. The fourth-order valence-electron chi connectivity index (χ4n) is 4.45. The second-order valence-electron chi connectivity index (χ2n) is 8.48. The van der Waals surface area contributed by atoms with E-state index < -0.39 is 20.6 Å². The summed E-state index contributed by atoms with van der Waals surface area (Å²) in [5, 5.41) is 0. The van der Waals surface area contributed by atoms with Gasteiger partial charge in [0.2, 0.25) is 6.79 Å². The fraction of sp³-hybridized carbons (Fsp3) is 0.591. The average molecular weight is 469 g/mol. The predicted molar refractivity (Wildman–Crippen MR) is 117 cm³/mol. The molecule has 1 aliphatic heterocycles. The van der Waals surface area contributed by atoms with Crippen LogP contribution in [0.4, 0.5) is 0 Å². The third kappa shape index (κ3) is 5.12. The minimum absolute atomic E-state index is 0.0689. The van der Waals surface area contributed by atoms with E-state index in [2.05, 4.69) is 11.0 Å². The molecule has 1 aliphatic carbocycles. The number of ether oxygens (including phenoxy) is 3. The van der Waals surface area contributed by atoms with Crippen LogP contribution in [0.25, 0.3) is 0 Å². The van der Waals surface area contributed by atoms with Crippen LogP contribution in [0.3, 0.4) is 0 Å². The van der Waals surface area contributed by atoms with Crippen LogP contribution in [0.2, 0.25) is 0 Å². The van der Waals surface area contributed by atoms with Crippen molar-refractivity contribution in [3.05, 3.63) is 35.6 Å². The van der Waals surface area contributed by atoms with E-state index in [1.54, 1.807) is 28.1 Å². The maximum absolute atomic E-state index is 12.3. The molecule has 3 rings (SSSR count). The monoisotopic (exact) mass is 469 g/mol. The van der Waals surface area contributed by atoms with Crippen molar-refractivity contribution < 1.29 is 37.5 Å². The number of benzene rings is 1. The SMILES string of the molecule is COc1ccc([C@@]23CC=C(OP(=O)(O)OCOC(=O)C(C)C)C[C@@H]2N(C)CC3)cc1OC. The summed E-state index contributed by atoms with van der Waals surface area (Å²) in [6, 6.07) is 6.03. The van der Waals surface area contributed by atoms with Gasteiger partial charge in [0, 0.05) is 17.9 Å². The van der Waals surface area contributed by atoms with Gasteiger partial charge in [-0.15, -0.1) is 0 Å². The molecule has 10 heteroatoms. The van der Waals surface area contributed by atoms with Crippen LogP contribution in [0.5, 0.6) is 11.5 Å². The Morgan fingerprint density at radius 3 is 2.66 bits per heavy atom. The zero-order chi connectivity index (χ0) is 23.5. The largest absolute Gasteiger partial charge is 0.530 e. The topological polar surface area (TPSA) is 104 Å². The molecular weight excluding hydrogens is 437 g/mol. The van der Waals surface area contributed by atoms with Crippen LogP contribution in [0.1, 0.15) is 38.7 Å². The number of likely N-dealkylation sites (tertiary alicyclic amines) is 1. The molecule has 0 bridgehead atoms. The molecule has 1 heterocycles. The maximum Gasteiger partial charge on any atom is 0.530 e. The fourth-order valence-corrected chi connectivity index (χ4v) is 5.13. The third-order valence-electron chi connectivity index (χ3n) is 6.25. The van der Waals surface area contributed by atoms with Crippen molar-refractivity contribution >= 4 is 13.8 Å². The summed E-state index contributed by atoms with van der Waals surface area (Å²) in [5.74, 6) is 0.849. The van der Waals surface area contributed by atoms with Gasteiger partial charge in [-0.05, 0) is 50.2 Å². The number of allylic oxidation sites excluding steroid dienone is 1. The number of rotatable bonds is 9. The van der Waals surface area contributed by atoms with Crippen LogP contribution in [0, 0.1) is 5.92 Å². The van der Waals surface area contributed by atoms with Crippen molar-refractivity contribution in [3.63, 3.8) is 0 Å². The highest BCUT2D eigenvalue weighted by atomic mass is 31.2. The Morgan fingerprint density at radius 1 is 1.28 bits per heavy atom. The number of nitrogens with zero attached hydrogens (tertiary/aromatic N) is 1. The first kappa shape index (κ1) is 24.6. The van der Waals surface area contributed by atoms with Crippen molar-refractivity contribution in [1.82, 2.24) is 4.90 Å². The standard InChI is InChI=1S/C22H32NO8P/c1-15(2)21(24)29-14-30-32(25,26)31-17-8-9-22(10-11-23(3)20(22)13-17)16-6-7-18(27-4)19(12-16)28-5/h6-8,12,15,20H,9-11,13-14H2,1-5H3,(H,25,26)/t20-,22-/m0/s1. The Morgan fingerprint density at radius 2 is 2.00 bits per heavy atom. The van der Waals surface area contributed by atoms with Gasteiger partial charge in [0.25, 0.3) is 0 Å². The molecule has 32 heavy (non-hydrogen) atoms. The number of likely N-dealkylation sites (N-methyl/N-ethyl adjacent to an activating group) is 1. The molecule has 1 aromatic carbocycles. The number of esters is 1. The average Bonchev–Trinajstić information content (AvgIpc) is 3.09. The van der Waals surface area contributed by atoms with Gasteiger partial charge >= 0.3 is 13.8 Å². The molecule has 0 radical (unpaired) electrons. The Balaban J connectivity index is 1.75. The first-order valence-electron chi connectivity index (χ1n) is 10.6. The van der Waals surface area contributed by atoms with E-state index in [-0.39, 0.29) is 17.4 Å². The van der Waals surface area contributed by atoms with Gasteiger partial charge in [-0.3, -0.25) is 9.69 Å². The first-order chi connectivity index (χ1) is 15.1. The highest BCUT2D eigenvalue weighted by molar-refractivity contribution is 7.47. The van der Waals surface area contributed by atoms with Gasteiger partial charge in [-0.25, -0.2) is 9.09 Å². The van der Waals surface area contributed by atoms with Gasteiger partial charge in [0.15, 0.2) is 11.5 Å². The minimum atomic E-state index is -4.42. The number of hydrogen-bond donors (Lipinski definition) is 1. The lowest BCUT2D eigenvalue weighted by molar-refractivity contribution is -0.154. The second kappa shape index (κ2) is 9.83. The van der Waals surface area contributed by atoms with E-state index in [1.165, 1.54) is 0 Å². The van der Waals surface area contributed by atoms with Gasteiger partial charge in [-0.1, -0.05) is 19.9 Å². The van der Waals surface area contributed by atoms with Crippen molar-refractivity contribution in [2.24, 2.45) is 5.92 Å². The van der Waals surface area contributed by atoms with Gasteiger partial charge in [-0.2, -0.15) is 0 Å². The molecule has 0 amide bonds. The van der Waals surface area contributed by atoms with Crippen molar-refractivity contribution in [3.8, 4) is 11.5 Å². The van der Waals surface area contributed by atoms with E-state index in [0.29, 0.717) is 30.1 Å². The number of carbonyl (C=O) groups excluding carboxylic acids is 1. The van der Waals surface area contributed by atoms with Crippen molar-refractivity contribution in [2.45, 2.75) is 44.6 Å². The van der Waals surface area contributed by atoms with Crippen LogP contribution in [-0.2, 0) is 28.6 Å². The van der Waals surface area contributed by atoms with Crippen LogP contribution >= 0.6 is 7.82 Å². The molecule has 9 nitrogen and oxygen atoms in total. The van der Waals surface area contributed by atoms with Gasteiger partial charge in [0.05, 0.1) is 20.1 Å². The molecular formula is C22H32NO8P. The minimum Gasteiger partial charge on any atom is -0.493 e. The van der Waals surface area contributed by atoms with E-state index >= 15 is 0 Å². The summed E-state index contributed by atoms with van der Waals surface area (Å²) in [7, 11) is 0.834. The Labute approximate surface area is 188 Å². The zero-order valence-electron chi connectivity index (χ0n) is 19.2. The summed E-state index contributed by atoms with van der Waals surface area (Å²) in [6.07, 6.45) is 3.87. The van der Waals surface area contributed by atoms with Gasteiger partial charge in [0.1, 0.15) is 5.76 Å². The molecule has 1 N–H and O–H groups in total. The molecule has 0 aromatic heterocycles. The molecule has 178 valence electrons. The van der Waals surface area contributed by atoms with Crippen LogP contribution < -0.4 is 9.47 Å². The number of hydrogen-bond acceptors (Lipinski definition) is 8. The number of methoxy groups -OCH3 is 2. The summed E-state index contributed by atoms with van der Waals surface area (Å²) in [4.78, 5) is 23.8. The third-order valence-corrected chi connectivity index (χ3v) is 7.15. The number of carbonyl (C=O) groups is 1. The van der Waals surface area contributed by atoms with Gasteiger partial charge < -0.3 is 23.6 Å². The Kier molecular flexibility index (Phi) is 7.55. The molecule has 3 atom stereocenters. The van der Waals surface area contributed by atoms with Crippen LogP contribution in [-0.4, -0.2) is 56.4 Å². The van der Waals surface area contributed by atoms with E-state index in [0.717, 1.165) is 18.5 Å². The summed E-state index contributed by atoms with van der Waals surface area (Å²) >= 11 is 0. The normalized spacial score (nSPS) is 25.0. The highest BCUT2D eigenvalue weighted by Crippen LogP contribution is 2.53. The summed E-state index contributed by atoms with van der Waals surface area (Å²) in [6.45, 7) is 3.56. The maximum atomic E-state index is 12.3. The number of phosphoric acid groups is 1. The summed E-state index contributed by atoms with van der Waals surface area (Å²) in [5.41, 5.74) is 0.956. The first-order valence-corrected chi connectivity index (χ1v) is 12.1. The molecule has 0 saturated carbocycles. The van der Waals surface area contributed by atoms with E-state index in [1.807, 2.05) is 25.3 Å². The number of phosphoric ester groups is 1. The molecule has 1 unspecified atom stereocenters. The summed E-state index contributed by atoms with van der Waals surface area (Å²) < 4.78 is 38.2. The highest BCUT2D eigenvalue weighted by Gasteiger charge is 2.49. The Hall–Kier alpha value is -2.06. The Bertz CT molecular complexity index is 917. The quantitative estimate of drug-likeness (QED) is 0.330. The van der Waals surface area contributed by atoms with E-state index in [9.17, 15) is 14.3 Å². The lowest BCUT2D eigenvalue weighted by atomic mass is 9.68. The van der Waals surface area contributed by atoms with Crippen molar-refractivity contribution in [2.75, 3.05) is 34.6 Å². The zero-order valence-corrected chi connectivity index (χ0v) is 20.1. The predicted octanol–water partition coefficient (Wildman–Crippen LogP) is 3.61. The molecule has 0 spiro atoms. The lowest BCUT2D eigenvalue weighted by Crippen LogP contribution is -2.43. The van der Waals surface area contributed by atoms with Crippen LogP contribution in [0.15, 0.2) is 30.0 Å². The smallest absolute Gasteiger partial charge is 0.493 e.